The third-order valence-electron chi connectivity index (χ3n) is 3.77. The Bertz CT molecular complexity index is 926. The number of esters is 1. The fraction of sp³-hybridized carbons (Fsp3) is 0.211. The van der Waals surface area contributed by atoms with Crippen molar-refractivity contribution < 1.29 is 14.3 Å². The van der Waals surface area contributed by atoms with Crippen molar-refractivity contribution in [2.45, 2.75) is 26.9 Å². The van der Waals surface area contributed by atoms with E-state index >= 15 is 0 Å². The van der Waals surface area contributed by atoms with Crippen LogP contribution in [0.3, 0.4) is 0 Å². The van der Waals surface area contributed by atoms with Crippen molar-refractivity contribution in [3.63, 3.8) is 0 Å². The number of aryl methyl sites for hydroxylation is 1. The SMILES string of the molecule is CCc1ccc(N(C(C)=O)c2nc(COC(=O)c3cnccn3)cs2)cc1. The van der Waals surface area contributed by atoms with E-state index < -0.39 is 5.97 Å². The molecule has 2 aromatic heterocycles. The number of hydrogen-bond donors (Lipinski definition) is 0. The summed E-state index contributed by atoms with van der Waals surface area (Å²) in [5.74, 6) is -0.715. The number of hydrogen-bond acceptors (Lipinski definition) is 7. The van der Waals surface area contributed by atoms with Gasteiger partial charge in [-0.05, 0) is 24.1 Å². The van der Waals surface area contributed by atoms with Crippen LogP contribution in [-0.4, -0.2) is 26.8 Å². The first-order valence-corrected chi connectivity index (χ1v) is 9.23. The molecule has 0 unspecified atom stereocenters. The van der Waals surface area contributed by atoms with E-state index in [4.69, 9.17) is 4.74 Å². The second-order valence-electron chi connectivity index (χ2n) is 5.66. The summed E-state index contributed by atoms with van der Waals surface area (Å²) in [5.41, 5.74) is 2.63. The Labute approximate surface area is 160 Å². The zero-order valence-corrected chi connectivity index (χ0v) is 15.8. The highest BCUT2D eigenvalue weighted by Gasteiger charge is 2.18. The van der Waals surface area contributed by atoms with Crippen molar-refractivity contribution >= 4 is 34.0 Å². The summed E-state index contributed by atoms with van der Waals surface area (Å²) in [4.78, 5) is 37.8. The molecule has 27 heavy (non-hydrogen) atoms. The Morgan fingerprint density at radius 3 is 2.59 bits per heavy atom. The maximum absolute atomic E-state index is 12.2. The second kappa shape index (κ2) is 8.50. The molecule has 0 spiro atoms. The van der Waals surface area contributed by atoms with Crippen molar-refractivity contribution in [3.05, 3.63) is 65.2 Å². The summed E-state index contributed by atoms with van der Waals surface area (Å²) in [6.45, 7) is 3.56. The molecule has 0 N–H and O–H groups in total. The number of benzene rings is 1. The van der Waals surface area contributed by atoms with Crippen molar-refractivity contribution in [1.29, 1.82) is 0 Å². The van der Waals surface area contributed by atoms with Crippen LogP contribution in [0.5, 0.6) is 0 Å². The van der Waals surface area contributed by atoms with E-state index in [1.807, 2.05) is 24.3 Å². The largest absolute Gasteiger partial charge is 0.454 e. The summed E-state index contributed by atoms with van der Waals surface area (Å²) in [5, 5.41) is 2.28. The molecule has 0 saturated carbocycles. The van der Waals surface area contributed by atoms with Crippen LogP contribution in [0.25, 0.3) is 0 Å². The van der Waals surface area contributed by atoms with Crippen LogP contribution in [0.2, 0.25) is 0 Å². The molecule has 0 aliphatic rings. The number of ether oxygens (including phenoxy) is 1. The van der Waals surface area contributed by atoms with Gasteiger partial charge in [0, 0.05) is 24.7 Å². The molecule has 8 heteroatoms. The van der Waals surface area contributed by atoms with Gasteiger partial charge in [0.1, 0.15) is 6.61 Å². The molecule has 0 aliphatic carbocycles. The van der Waals surface area contributed by atoms with E-state index in [0.29, 0.717) is 10.8 Å². The van der Waals surface area contributed by atoms with Crippen molar-refractivity contribution in [2.75, 3.05) is 4.90 Å². The molecule has 3 rings (SSSR count). The molecular weight excluding hydrogens is 364 g/mol. The van der Waals surface area contributed by atoms with Crippen LogP contribution >= 0.6 is 11.3 Å². The number of amides is 1. The summed E-state index contributed by atoms with van der Waals surface area (Å²) < 4.78 is 5.20. The summed E-state index contributed by atoms with van der Waals surface area (Å²) in [6.07, 6.45) is 5.17. The number of aromatic nitrogens is 3. The van der Waals surface area contributed by atoms with Gasteiger partial charge in [-0.25, -0.2) is 14.8 Å². The first-order chi connectivity index (χ1) is 13.1. The minimum atomic E-state index is -0.573. The van der Waals surface area contributed by atoms with E-state index in [2.05, 4.69) is 21.9 Å². The van der Waals surface area contributed by atoms with E-state index in [1.54, 1.807) is 5.38 Å². The predicted molar refractivity (Wildman–Crippen MR) is 102 cm³/mol. The molecule has 0 aliphatic heterocycles. The maximum Gasteiger partial charge on any atom is 0.358 e. The molecule has 7 nitrogen and oxygen atoms in total. The van der Waals surface area contributed by atoms with Gasteiger partial charge in [-0.15, -0.1) is 11.3 Å². The Morgan fingerprint density at radius 1 is 1.19 bits per heavy atom. The smallest absolute Gasteiger partial charge is 0.358 e. The topological polar surface area (TPSA) is 85.3 Å². The fourth-order valence-electron chi connectivity index (χ4n) is 2.39. The standard InChI is InChI=1S/C19H18N4O3S/c1-3-14-4-6-16(7-5-14)23(13(2)24)19-22-15(12-27-19)11-26-18(25)17-10-20-8-9-21-17/h4-10,12H,3,11H2,1-2H3. The average molecular weight is 382 g/mol. The van der Waals surface area contributed by atoms with E-state index in [9.17, 15) is 9.59 Å². The number of thiazole rings is 1. The number of carbonyl (C=O) groups is 2. The van der Waals surface area contributed by atoms with E-state index in [0.717, 1.165) is 12.1 Å². The van der Waals surface area contributed by atoms with Gasteiger partial charge < -0.3 is 4.74 Å². The van der Waals surface area contributed by atoms with Gasteiger partial charge in [0.2, 0.25) is 5.91 Å². The lowest BCUT2D eigenvalue weighted by Gasteiger charge is -2.18. The minimum Gasteiger partial charge on any atom is -0.454 e. The summed E-state index contributed by atoms with van der Waals surface area (Å²) in [7, 11) is 0. The van der Waals surface area contributed by atoms with Crippen molar-refractivity contribution in [3.8, 4) is 0 Å². The first-order valence-electron chi connectivity index (χ1n) is 8.35. The van der Waals surface area contributed by atoms with Crippen molar-refractivity contribution in [2.24, 2.45) is 0 Å². The normalized spacial score (nSPS) is 10.4. The van der Waals surface area contributed by atoms with Gasteiger partial charge in [0.25, 0.3) is 0 Å². The molecule has 138 valence electrons. The minimum absolute atomic E-state index is 0.00751. The molecule has 1 amide bonds. The Balaban J connectivity index is 1.72. The van der Waals surface area contributed by atoms with Gasteiger partial charge in [0.05, 0.1) is 17.6 Å². The lowest BCUT2D eigenvalue weighted by molar-refractivity contribution is -0.115. The zero-order chi connectivity index (χ0) is 19.2. The molecule has 3 aromatic rings. The molecule has 0 bridgehead atoms. The van der Waals surface area contributed by atoms with Crippen LogP contribution in [0.15, 0.2) is 48.2 Å². The molecule has 2 heterocycles. The lowest BCUT2D eigenvalue weighted by atomic mass is 10.1. The number of anilines is 2. The molecule has 0 atom stereocenters. The zero-order valence-electron chi connectivity index (χ0n) is 15.0. The van der Waals surface area contributed by atoms with E-state index in [-0.39, 0.29) is 18.2 Å². The molecule has 0 saturated heterocycles. The highest BCUT2D eigenvalue weighted by Crippen LogP contribution is 2.29. The number of rotatable bonds is 6. The highest BCUT2D eigenvalue weighted by molar-refractivity contribution is 7.14. The second-order valence-corrected chi connectivity index (χ2v) is 6.50. The third-order valence-corrected chi connectivity index (χ3v) is 4.65. The average Bonchev–Trinajstić information content (AvgIpc) is 3.15. The quantitative estimate of drug-likeness (QED) is 0.606. The molecule has 0 fully saturated rings. The predicted octanol–water partition coefficient (Wildman–Crippen LogP) is 3.54. The summed E-state index contributed by atoms with van der Waals surface area (Å²) in [6, 6.07) is 7.77. The molecular formula is C19H18N4O3S. The number of nitrogens with zero attached hydrogens (tertiary/aromatic N) is 4. The van der Waals surface area contributed by atoms with Crippen LogP contribution in [0, 0.1) is 0 Å². The molecule has 1 aromatic carbocycles. The van der Waals surface area contributed by atoms with Crippen LogP contribution in [0.4, 0.5) is 10.8 Å². The van der Waals surface area contributed by atoms with Crippen LogP contribution in [-0.2, 0) is 22.6 Å². The van der Waals surface area contributed by atoms with E-state index in [1.165, 1.54) is 47.3 Å². The Kier molecular flexibility index (Phi) is 5.87. The maximum atomic E-state index is 12.2. The first kappa shape index (κ1) is 18.7. The Hall–Kier alpha value is -3.13. The third kappa shape index (κ3) is 4.53. The number of carbonyl (C=O) groups excluding carboxylic acids is 2. The van der Waals surface area contributed by atoms with Gasteiger partial charge in [0.15, 0.2) is 10.8 Å². The monoisotopic (exact) mass is 382 g/mol. The van der Waals surface area contributed by atoms with Crippen LogP contribution in [0.1, 0.15) is 35.6 Å². The van der Waals surface area contributed by atoms with Crippen molar-refractivity contribution in [1.82, 2.24) is 15.0 Å². The van der Waals surface area contributed by atoms with Gasteiger partial charge in [-0.3, -0.25) is 14.7 Å². The van der Waals surface area contributed by atoms with Gasteiger partial charge in [-0.2, -0.15) is 0 Å². The van der Waals surface area contributed by atoms with Gasteiger partial charge >= 0.3 is 5.97 Å². The lowest BCUT2D eigenvalue weighted by Crippen LogP contribution is -2.22. The van der Waals surface area contributed by atoms with Gasteiger partial charge in [-0.1, -0.05) is 19.1 Å². The fourth-order valence-corrected chi connectivity index (χ4v) is 3.26. The molecule has 0 radical (unpaired) electrons. The Morgan fingerprint density at radius 2 is 1.96 bits per heavy atom. The van der Waals surface area contributed by atoms with Crippen LogP contribution < -0.4 is 4.90 Å². The highest BCUT2D eigenvalue weighted by atomic mass is 32.1. The summed E-state index contributed by atoms with van der Waals surface area (Å²) >= 11 is 1.31.